The molecule has 0 N–H and O–H groups in total. The number of ketones is 1. The normalized spacial score (nSPS) is 26.5. The lowest BCUT2D eigenvalue weighted by Gasteiger charge is -2.45. The van der Waals surface area contributed by atoms with E-state index in [1.54, 1.807) is 0 Å². The van der Waals surface area contributed by atoms with Crippen molar-refractivity contribution < 1.29 is 9.59 Å². The number of piperidine rings is 1. The highest BCUT2D eigenvalue weighted by molar-refractivity contribution is 6.10. The summed E-state index contributed by atoms with van der Waals surface area (Å²) in [4.78, 5) is 31.0. The third-order valence-corrected chi connectivity index (χ3v) is 9.03. The van der Waals surface area contributed by atoms with E-state index in [0.29, 0.717) is 6.42 Å². The zero-order valence-electron chi connectivity index (χ0n) is 21.0. The highest BCUT2D eigenvalue weighted by atomic mass is 16.2. The molecular weight excluding hydrogens is 432 g/mol. The molecule has 0 saturated carbocycles. The van der Waals surface area contributed by atoms with E-state index in [4.69, 9.17) is 0 Å². The molecule has 1 fully saturated rings. The van der Waals surface area contributed by atoms with Crippen molar-refractivity contribution in [3.63, 3.8) is 0 Å². The van der Waals surface area contributed by atoms with Gasteiger partial charge in [0.1, 0.15) is 5.78 Å². The molecular formula is C31H34N2O2. The second-order valence-electron chi connectivity index (χ2n) is 11.1. The second kappa shape index (κ2) is 8.03. The van der Waals surface area contributed by atoms with Gasteiger partial charge in [-0.25, -0.2) is 0 Å². The lowest BCUT2D eigenvalue weighted by atomic mass is 9.79. The smallest absolute Gasteiger partial charge is 0.238 e. The van der Waals surface area contributed by atoms with Gasteiger partial charge in [0.05, 0.1) is 5.41 Å². The number of para-hydroxylation sites is 1. The van der Waals surface area contributed by atoms with E-state index in [9.17, 15) is 9.59 Å². The summed E-state index contributed by atoms with van der Waals surface area (Å²) in [6, 6.07) is 21.7. The number of carbonyl (C=O) groups is 2. The third kappa shape index (κ3) is 3.22. The molecule has 3 aromatic carbocycles. The van der Waals surface area contributed by atoms with Crippen LogP contribution in [0.15, 0.2) is 60.7 Å². The Morgan fingerprint density at radius 3 is 2.37 bits per heavy atom. The molecule has 3 aliphatic rings. The SMILES string of the molecule is CCC(=O)CC1(C)C(=O)N(C2CCN(C3(C)Cc4cccc5cccc3c45)CC2)c2ccccc21. The lowest BCUT2D eigenvalue weighted by Crippen LogP contribution is -2.53. The fourth-order valence-corrected chi connectivity index (χ4v) is 7.07. The largest absolute Gasteiger partial charge is 0.308 e. The van der Waals surface area contributed by atoms with E-state index in [1.807, 2.05) is 36.9 Å². The molecule has 1 saturated heterocycles. The Morgan fingerprint density at radius 2 is 1.63 bits per heavy atom. The second-order valence-corrected chi connectivity index (χ2v) is 11.1. The number of amides is 1. The number of fused-ring (bicyclic) bond motifs is 1. The molecule has 2 heterocycles. The summed E-state index contributed by atoms with van der Waals surface area (Å²) < 4.78 is 0. The van der Waals surface area contributed by atoms with Crippen LogP contribution in [0.1, 0.15) is 63.1 Å². The predicted molar refractivity (Wildman–Crippen MR) is 141 cm³/mol. The summed E-state index contributed by atoms with van der Waals surface area (Å²) in [7, 11) is 0. The first-order valence-electron chi connectivity index (χ1n) is 13.1. The first-order chi connectivity index (χ1) is 16.9. The maximum Gasteiger partial charge on any atom is 0.238 e. The summed E-state index contributed by atoms with van der Waals surface area (Å²) in [6.45, 7) is 8.16. The standard InChI is InChI=1S/C31H34N2O2/c1-4-24(34)20-30(2)25-12-5-6-14-27(25)33(29(30)35)23-15-17-32(18-16-23)31(3)19-22-11-7-9-21-10-8-13-26(31)28(21)22/h5-14,23H,4,15-20H2,1-3H3. The maximum atomic E-state index is 13.9. The first-order valence-corrected chi connectivity index (χ1v) is 13.1. The molecule has 0 radical (unpaired) electrons. The monoisotopic (exact) mass is 466 g/mol. The average molecular weight is 467 g/mol. The molecule has 2 unspecified atom stereocenters. The summed E-state index contributed by atoms with van der Waals surface area (Å²) >= 11 is 0. The molecule has 1 aliphatic carbocycles. The maximum absolute atomic E-state index is 13.9. The van der Waals surface area contributed by atoms with Gasteiger partial charge in [0.2, 0.25) is 5.91 Å². The molecule has 1 amide bonds. The molecule has 0 spiro atoms. The Morgan fingerprint density at radius 1 is 0.943 bits per heavy atom. The van der Waals surface area contributed by atoms with Crippen LogP contribution >= 0.6 is 0 Å². The minimum atomic E-state index is -0.754. The fourth-order valence-electron chi connectivity index (χ4n) is 7.07. The van der Waals surface area contributed by atoms with Crippen LogP contribution in [0.4, 0.5) is 5.69 Å². The van der Waals surface area contributed by atoms with Crippen LogP contribution in [0.2, 0.25) is 0 Å². The summed E-state index contributed by atoms with van der Waals surface area (Å²) in [6.07, 6.45) is 3.68. The number of hydrogen-bond donors (Lipinski definition) is 0. The van der Waals surface area contributed by atoms with Gasteiger partial charge >= 0.3 is 0 Å². The average Bonchev–Trinajstić information content (AvgIpc) is 3.30. The minimum absolute atomic E-state index is 0.0108. The predicted octanol–water partition coefficient (Wildman–Crippen LogP) is 5.75. The van der Waals surface area contributed by atoms with Crippen LogP contribution < -0.4 is 4.90 Å². The number of carbonyl (C=O) groups excluding carboxylic acids is 2. The summed E-state index contributed by atoms with van der Waals surface area (Å²) in [5, 5.41) is 2.76. The lowest BCUT2D eigenvalue weighted by molar-refractivity contribution is -0.128. The molecule has 2 aliphatic heterocycles. The Bertz CT molecular complexity index is 1330. The number of rotatable bonds is 5. The molecule has 3 aromatic rings. The van der Waals surface area contributed by atoms with E-state index in [2.05, 4.69) is 54.3 Å². The van der Waals surface area contributed by atoms with E-state index < -0.39 is 5.41 Å². The van der Waals surface area contributed by atoms with E-state index in [1.165, 1.54) is 21.9 Å². The van der Waals surface area contributed by atoms with Gasteiger partial charge in [0.25, 0.3) is 0 Å². The topological polar surface area (TPSA) is 40.6 Å². The van der Waals surface area contributed by atoms with Crippen molar-refractivity contribution in [2.75, 3.05) is 18.0 Å². The Labute approximate surface area is 207 Å². The van der Waals surface area contributed by atoms with Crippen LogP contribution in [0.5, 0.6) is 0 Å². The molecule has 4 nitrogen and oxygen atoms in total. The van der Waals surface area contributed by atoms with Gasteiger partial charge in [0.15, 0.2) is 0 Å². The van der Waals surface area contributed by atoms with Gasteiger partial charge in [-0.1, -0.05) is 61.5 Å². The van der Waals surface area contributed by atoms with E-state index in [0.717, 1.165) is 43.6 Å². The molecule has 6 rings (SSSR count). The Kier molecular flexibility index (Phi) is 5.16. The molecule has 4 heteroatoms. The minimum Gasteiger partial charge on any atom is -0.308 e. The molecule has 35 heavy (non-hydrogen) atoms. The number of Topliss-reactive ketones (excluding diaryl/α,β-unsaturated/α-hetero) is 1. The van der Waals surface area contributed by atoms with Crippen molar-refractivity contribution in [3.05, 3.63) is 77.4 Å². The van der Waals surface area contributed by atoms with Crippen molar-refractivity contribution in [2.24, 2.45) is 0 Å². The zero-order valence-corrected chi connectivity index (χ0v) is 21.0. The number of nitrogens with zero attached hydrogens (tertiary/aromatic N) is 2. The summed E-state index contributed by atoms with van der Waals surface area (Å²) in [5.41, 5.74) is 4.14. The number of anilines is 1. The van der Waals surface area contributed by atoms with Crippen molar-refractivity contribution in [1.29, 1.82) is 0 Å². The van der Waals surface area contributed by atoms with Crippen LogP contribution in [0, 0.1) is 0 Å². The van der Waals surface area contributed by atoms with Gasteiger partial charge in [0, 0.05) is 43.2 Å². The highest BCUT2D eigenvalue weighted by Gasteiger charge is 2.51. The Hall–Kier alpha value is -2.98. The fraction of sp³-hybridized carbons (Fsp3) is 0.419. The van der Waals surface area contributed by atoms with Gasteiger partial charge in [-0.15, -0.1) is 0 Å². The quantitative estimate of drug-likeness (QED) is 0.481. The number of hydrogen-bond acceptors (Lipinski definition) is 3. The third-order valence-electron chi connectivity index (χ3n) is 9.03. The van der Waals surface area contributed by atoms with Crippen LogP contribution in [-0.4, -0.2) is 35.7 Å². The van der Waals surface area contributed by atoms with E-state index in [-0.39, 0.29) is 29.7 Å². The van der Waals surface area contributed by atoms with Crippen molar-refractivity contribution >= 4 is 28.2 Å². The van der Waals surface area contributed by atoms with Crippen molar-refractivity contribution in [3.8, 4) is 0 Å². The summed E-state index contributed by atoms with van der Waals surface area (Å²) in [5.74, 6) is 0.249. The molecule has 180 valence electrons. The van der Waals surface area contributed by atoms with Crippen LogP contribution in [0.3, 0.4) is 0 Å². The van der Waals surface area contributed by atoms with Gasteiger partial charge < -0.3 is 4.90 Å². The van der Waals surface area contributed by atoms with E-state index >= 15 is 0 Å². The number of likely N-dealkylation sites (tertiary alicyclic amines) is 1. The van der Waals surface area contributed by atoms with Crippen LogP contribution in [-0.2, 0) is 27.0 Å². The van der Waals surface area contributed by atoms with Gasteiger partial charge in [-0.05, 0) is 66.6 Å². The van der Waals surface area contributed by atoms with Crippen molar-refractivity contribution in [2.45, 2.75) is 69.9 Å². The highest BCUT2D eigenvalue weighted by Crippen LogP contribution is 2.48. The number of benzene rings is 3. The Balaban J connectivity index is 1.26. The van der Waals surface area contributed by atoms with Gasteiger partial charge in [-0.3, -0.25) is 14.5 Å². The van der Waals surface area contributed by atoms with Crippen molar-refractivity contribution in [1.82, 2.24) is 4.90 Å². The zero-order chi connectivity index (χ0) is 24.4. The molecule has 0 bridgehead atoms. The molecule has 0 aromatic heterocycles. The van der Waals surface area contributed by atoms with Gasteiger partial charge in [-0.2, -0.15) is 0 Å². The van der Waals surface area contributed by atoms with Crippen LogP contribution in [0.25, 0.3) is 10.8 Å². The molecule has 2 atom stereocenters. The first kappa shape index (κ1) is 22.5.